The number of amides is 3. The maximum Gasteiger partial charge on any atom is 0.328 e. The SMILES string of the molecule is O=C(NC1CCCCCCC1)NS(=O)(=O)c1ccc(CNC(=O)c2ccc(Cl)cc2)cc1. The van der Waals surface area contributed by atoms with Crippen LogP contribution in [0.15, 0.2) is 53.4 Å². The zero-order valence-corrected chi connectivity index (χ0v) is 19.3. The van der Waals surface area contributed by atoms with E-state index in [0.717, 1.165) is 44.1 Å². The second-order valence-electron chi connectivity index (χ2n) is 7.95. The lowest BCUT2D eigenvalue weighted by molar-refractivity contribution is 0.0951. The quantitative estimate of drug-likeness (QED) is 0.574. The molecule has 0 atom stereocenters. The minimum atomic E-state index is -3.98. The van der Waals surface area contributed by atoms with E-state index in [2.05, 4.69) is 15.4 Å². The van der Waals surface area contributed by atoms with E-state index in [9.17, 15) is 18.0 Å². The van der Waals surface area contributed by atoms with Gasteiger partial charge in [0.15, 0.2) is 0 Å². The molecule has 0 spiro atoms. The Morgan fingerprint density at radius 2 is 1.47 bits per heavy atom. The Morgan fingerprint density at radius 1 is 0.875 bits per heavy atom. The molecule has 2 aromatic rings. The van der Waals surface area contributed by atoms with E-state index in [1.165, 1.54) is 18.6 Å². The van der Waals surface area contributed by atoms with Gasteiger partial charge in [0, 0.05) is 23.2 Å². The van der Waals surface area contributed by atoms with Crippen molar-refractivity contribution in [3.05, 3.63) is 64.7 Å². The molecule has 0 saturated heterocycles. The highest BCUT2D eigenvalue weighted by molar-refractivity contribution is 7.90. The number of benzene rings is 2. The fourth-order valence-electron chi connectivity index (χ4n) is 3.67. The highest BCUT2D eigenvalue weighted by Crippen LogP contribution is 2.17. The van der Waals surface area contributed by atoms with Gasteiger partial charge in [-0.2, -0.15) is 0 Å². The van der Waals surface area contributed by atoms with Crippen LogP contribution in [0.2, 0.25) is 5.02 Å². The molecule has 1 saturated carbocycles. The van der Waals surface area contributed by atoms with E-state index in [-0.39, 0.29) is 23.4 Å². The standard InChI is InChI=1S/C23H28ClN3O4S/c24-19-12-10-18(11-13-19)22(28)25-16-17-8-14-21(15-9-17)32(30,31)27-23(29)26-20-6-4-2-1-3-5-7-20/h8-15,20H,1-7,16H2,(H,25,28)(H2,26,27,29). The Hall–Kier alpha value is -2.58. The number of sulfonamides is 1. The first-order chi connectivity index (χ1) is 15.3. The molecule has 0 unspecified atom stereocenters. The Bertz CT molecular complexity index is 1020. The molecule has 0 heterocycles. The zero-order chi connectivity index (χ0) is 23.0. The highest BCUT2D eigenvalue weighted by Gasteiger charge is 2.20. The lowest BCUT2D eigenvalue weighted by Gasteiger charge is -2.21. The summed E-state index contributed by atoms with van der Waals surface area (Å²) >= 11 is 5.82. The number of carbonyl (C=O) groups excluding carboxylic acids is 2. The van der Waals surface area contributed by atoms with Crippen LogP contribution in [0, 0.1) is 0 Å². The molecule has 7 nitrogen and oxygen atoms in total. The van der Waals surface area contributed by atoms with Crippen LogP contribution in [0.5, 0.6) is 0 Å². The van der Waals surface area contributed by atoms with E-state index in [1.807, 2.05) is 0 Å². The Balaban J connectivity index is 1.52. The van der Waals surface area contributed by atoms with Crippen molar-refractivity contribution in [2.45, 2.75) is 62.4 Å². The van der Waals surface area contributed by atoms with Crippen LogP contribution >= 0.6 is 11.6 Å². The van der Waals surface area contributed by atoms with Crippen molar-refractivity contribution in [3.8, 4) is 0 Å². The molecule has 32 heavy (non-hydrogen) atoms. The van der Waals surface area contributed by atoms with Crippen LogP contribution in [0.3, 0.4) is 0 Å². The van der Waals surface area contributed by atoms with Crippen molar-refractivity contribution in [1.82, 2.24) is 15.4 Å². The van der Waals surface area contributed by atoms with Crippen LogP contribution in [0.4, 0.5) is 4.79 Å². The molecule has 3 rings (SSSR count). The Labute approximate surface area is 194 Å². The van der Waals surface area contributed by atoms with Crippen molar-refractivity contribution in [2.75, 3.05) is 0 Å². The molecule has 0 bridgehead atoms. The molecule has 0 aliphatic heterocycles. The van der Waals surface area contributed by atoms with Crippen molar-refractivity contribution in [3.63, 3.8) is 0 Å². The van der Waals surface area contributed by atoms with Gasteiger partial charge in [0.05, 0.1) is 4.90 Å². The topological polar surface area (TPSA) is 104 Å². The van der Waals surface area contributed by atoms with Gasteiger partial charge in [0.25, 0.3) is 15.9 Å². The Kier molecular flexibility index (Phi) is 8.53. The summed E-state index contributed by atoms with van der Waals surface area (Å²) in [6.45, 7) is 0.234. The fourth-order valence-corrected chi connectivity index (χ4v) is 4.71. The van der Waals surface area contributed by atoms with Crippen LogP contribution < -0.4 is 15.4 Å². The summed E-state index contributed by atoms with van der Waals surface area (Å²) in [5, 5.41) is 6.11. The third kappa shape index (κ3) is 7.24. The first-order valence-corrected chi connectivity index (χ1v) is 12.7. The highest BCUT2D eigenvalue weighted by atomic mass is 35.5. The molecular weight excluding hydrogens is 450 g/mol. The van der Waals surface area contributed by atoms with E-state index in [0.29, 0.717) is 10.6 Å². The average molecular weight is 478 g/mol. The smallest absolute Gasteiger partial charge is 0.328 e. The van der Waals surface area contributed by atoms with E-state index in [4.69, 9.17) is 11.6 Å². The van der Waals surface area contributed by atoms with Crippen molar-refractivity contribution < 1.29 is 18.0 Å². The molecule has 3 amide bonds. The fraction of sp³-hybridized carbons (Fsp3) is 0.391. The monoisotopic (exact) mass is 477 g/mol. The summed E-state index contributed by atoms with van der Waals surface area (Å²) in [5.74, 6) is -0.258. The number of halogens is 1. The molecule has 172 valence electrons. The Morgan fingerprint density at radius 3 is 2.09 bits per heavy atom. The number of carbonyl (C=O) groups is 2. The van der Waals surface area contributed by atoms with Gasteiger partial charge in [-0.1, -0.05) is 55.8 Å². The third-order valence-corrected chi connectivity index (χ3v) is 7.06. The maximum absolute atomic E-state index is 12.5. The number of hydrogen-bond donors (Lipinski definition) is 3. The van der Waals surface area contributed by atoms with Crippen LogP contribution in [0.25, 0.3) is 0 Å². The number of nitrogens with one attached hydrogen (secondary N) is 3. The van der Waals surface area contributed by atoms with Gasteiger partial charge < -0.3 is 10.6 Å². The van der Waals surface area contributed by atoms with Crippen LogP contribution in [0.1, 0.15) is 60.9 Å². The first kappa shape index (κ1) is 24.1. The molecule has 0 radical (unpaired) electrons. The zero-order valence-electron chi connectivity index (χ0n) is 17.8. The third-order valence-electron chi connectivity index (χ3n) is 5.46. The maximum atomic E-state index is 12.5. The van der Waals surface area contributed by atoms with Crippen LogP contribution in [-0.2, 0) is 16.6 Å². The number of urea groups is 1. The summed E-state index contributed by atoms with van der Waals surface area (Å²) < 4.78 is 27.2. The number of rotatable bonds is 6. The predicted octanol–water partition coefficient (Wildman–Crippen LogP) is 4.37. The predicted molar refractivity (Wildman–Crippen MR) is 124 cm³/mol. The molecule has 1 aliphatic rings. The van der Waals surface area contributed by atoms with Gasteiger partial charge in [-0.3, -0.25) is 4.79 Å². The normalized spacial score (nSPS) is 15.3. The van der Waals surface area contributed by atoms with Gasteiger partial charge in [0.1, 0.15) is 0 Å². The summed E-state index contributed by atoms with van der Waals surface area (Å²) in [6.07, 6.45) is 7.30. The second kappa shape index (κ2) is 11.3. The lowest BCUT2D eigenvalue weighted by atomic mass is 9.97. The van der Waals surface area contributed by atoms with Gasteiger partial charge in [-0.05, 0) is 54.8 Å². The average Bonchev–Trinajstić information content (AvgIpc) is 2.74. The minimum Gasteiger partial charge on any atom is -0.348 e. The van der Waals surface area contributed by atoms with Crippen LogP contribution in [-0.4, -0.2) is 26.4 Å². The van der Waals surface area contributed by atoms with Crippen molar-refractivity contribution in [1.29, 1.82) is 0 Å². The second-order valence-corrected chi connectivity index (χ2v) is 10.1. The van der Waals surface area contributed by atoms with Gasteiger partial charge in [-0.25, -0.2) is 17.9 Å². The minimum absolute atomic E-state index is 0.00266. The van der Waals surface area contributed by atoms with E-state index >= 15 is 0 Å². The molecule has 3 N–H and O–H groups in total. The molecule has 0 aromatic heterocycles. The summed E-state index contributed by atoms with van der Waals surface area (Å²) in [7, 11) is -3.98. The summed E-state index contributed by atoms with van der Waals surface area (Å²) in [5.41, 5.74) is 1.21. The number of hydrogen-bond acceptors (Lipinski definition) is 4. The van der Waals surface area contributed by atoms with Gasteiger partial charge in [-0.15, -0.1) is 0 Å². The van der Waals surface area contributed by atoms with E-state index in [1.54, 1.807) is 36.4 Å². The van der Waals surface area contributed by atoms with Crippen molar-refractivity contribution in [2.24, 2.45) is 0 Å². The molecule has 1 aliphatic carbocycles. The lowest BCUT2D eigenvalue weighted by Crippen LogP contribution is -2.44. The first-order valence-electron chi connectivity index (χ1n) is 10.8. The van der Waals surface area contributed by atoms with Crippen molar-refractivity contribution >= 4 is 33.6 Å². The molecule has 9 heteroatoms. The van der Waals surface area contributed by atoms with Gasteiger partial charge >= 0.3 is 6.03 Å². The van der Waals surface area contributed by atoms with E-state index < -0.39 is 16.1 Å². The summed E-state index contributed by atoms with van der Waals surface area (Å²) in [6, 6.07) is 11.8. The summed E-state index contributed by atoms with van der Waals surface area (Å²) in [4.78, 5) is 24.4. The van der Waals surface area contributed by atoms with Gasteiger partial charge in [0.2, 0.25) is 0 Å². The molecule has 1 fully saturated rings. The molecule has 2 aromatic carbocycles. The largest absolute Gasteiger partial charge is 0.348 e. The molecular formula is C23H28ClN3O4S.